The molecule has 2 aromatic carbocycles. The SMILES string of the molecule is CCCOc1c(CCC(=O)NC2CC3(CCC3)Oc3c(Cl)cc(Cl)cc32)cccc1NSO. The summed E-state index contributed by atoms with van der Waals surface area (Å²) in [5.41, 5.74) is 2.16. The van der Waals surface area contributed by atoms with E-state index in [-0.39, 0.29) is 17.6 Å². The molecule has 1 aliphatic heterocycles. The van der Waals surface area contributed by atoms with Gasteiger partial charge < -0.3 is 24.1 Å². The van der Waals surface area contributed by atoms with Crippen molar-refractivity contribution in [3.63, 3.8) is 0 Å². The van der Waals surface area contributed by atoms with Crippen molar-refractivity contribution in [1.82, 2.24) is 5.32 Å². The monoisotopic (exact) mass is 510 g/mol. The lowest BCUT2D eigenvalue weighted by atomic mass is 9.73. The number of carbonyl (C=O) groups is 1. The molecule has 0 bridgehead atoms. The van der Waals surface area contributed by atoms with Crippen LogP contribution in [-0.2, 0) is 11.2 Å². The summed E-state index contributed by atoms with van der Waals surface area (Å²) in [7, 11) is 0. The van der Waals surface area contributed by atoms with Gasteiger partial charge in [0.15, 0.2) is 0 Å². The number of amides is 1. The maximum absolute atomic E-state index is 13.0. The molecule has 9 heteroatoms. The van der Waals surface area contributed by atoms with E-state index >= 15 is 0 Å². The first-order chi connectivity index (χ1) is 15.9. The molecule has 1 atom stereocenters. The van der Waals surface area contributed by atoms with Crippen LogP contribution in [0.3, 0.4) is 0 Å². The summed E-state index contributed by atoms with van der Waals surface area (Å²) in [6.45, 7) is 2.58. The molecule has 0 radical (unpaired) electrons. The lowest BCUT2D eigenvalue weighted by Crippen LogP contribution is -2.49. The second-order valence-electron chi connectivity index (χ2n) is 8.60. The maximum Gasteiger partial charge on any atom is 0.220 e. The fourth-order valence-electron chi connectivity index (χ4n) is 4.49. The van der Waals surface area contributed by atoms with Crippen LogP contribution in [0.4, 0.5) is 5.69 Å². The molecule has 1 amide bonds. The highest BCUT2D eigenvalue weighted by Crippen LogP contribution is 2.51. The molecule has 6 nitrogen and oxygen atoms in total. The van der Waals surface area contributed by atoms with Crippen molar-refractivity contribution in [3.8, 4) is 11.5 Å². The number of halogens is 2. The predicted molar refractivity (Wildman–Crippen MR) is 134 cm³/mol. The lowest BCUT2D eigenvalue weighted by Gasteiger charge is -2.48. The number of fused-ring (bicyclic) bond motifs is 1. The lowest BCUT2D eigenvalue weighted by molar-refractivity contribution is -0.123. The molecule has 2 aliphatic rings. The number of para-hydroxylation sites is 1. The molecule has 4 rings (SSSR count). The largest absolute Gasteiger partial charge is 0.491 e. The van der Waals surface area contributed by atoms with Crippen LogP contribution in [0, 0.1) is 0 Å². The summed E-state index contributed by atoms with van der Waals surface area (Å²) in [5, 5.41) is 4.19. The Bertz CT molecular complexity index is 1020. The first-order valence-electron chi connectivity index (χ1n) is 11.2. The highest BCUT2D eigenvalue weighted by Gasteiger charge is 2.46. The van der Waals surface area contributed by atoms with E-state index in [4.69, 9.17) is 32.7 Å². The molecular weight excluding hydrogens is 483 g/mol. The third-order valence-electron chi connectivity index (χ3n) is 6.23. The topological polar surface area (TPSA) is 79.8 Å². The van der Waals surface area contributed by atoms with Crippen LogP contribution in [-0.4, -0.2) is 22.7 Å². The minimum Gasteiger partial charge on any atom is -0.491 e. The molecule has 1 heterocycles. The van der Waals surface area contributed by atoms with Gasteiger partial charge in [-0.05, 0) is 55.9 Å². The smallest absolute Gasteiger partial charge is 0.220 e. The molecule has 2 aromatic rings. The first kappa shape index (κ1) is 24.3. The number of carbonyl (C=O) groups excluding carboxylic acids is 1. The van der Waals surface area contributed by atoms with Gasteiger partial charge in [0.1, 0.15) is 29.3 Å². The van der Waals surface area contributed by atoms with Gasteiger partial charge in [-0.2, -0.15) is 0 Å². The molecule has 178 valence electrons. The second kappa shape index (κ2) is 10.6. The number of rotatable bonds is 9. The van der Waals surface area contributed by atoms with E-state index < -0.39 is 0 Å². The van der Waals surface area contributed by atoms with E-state index in [0.29, 0.717) is 65.3 Å². The van der Waals surface area contributed by atoms with Crippen LogP contribution in [0.2, 0.25) is 10.0 Å². The second-order valence-corrected chi connectivity index (χ2v) is 9.83. The summed E-state index contributed by atoms with van der Waals surface area (Å²) in [6, 6.07) is 8.97. The minimum atomic E-state index is -0.258. The van der Waals surface area contributed by atoms with Crippen molar-refractivity contribution < 1.29 is 18.8 Å². The molecule has 1 fully saturated rings. The zero-order valence-corrected chi connectivity index (χ0v) is 20.8. The highest BCUT2D eigenvalue weighted by atomic mass is 35.5. The summed E-state index contributed by atoms with van der Waals surface area (Å²) in [4.78, 5) is 13.0. The molecule has 1 spiro atoms. The minimum absolute atomic E-state index is 0.0604. The fraction of sp³-hybridized carbons (Fsp3) is 0.458. The van der Waals surface area contributed by atoms with Crippen LogP contribution >= 0.6 is 35.4 Å². The molecule has 0 aromatic heterocycles. The van der Waals surface area contributed by atoms with E-state index in [0.717, 1.165) is 36.8 Å². The standard InChI is InChI=1S/C24H28Cl2N2O4S/c1-2-11-31-22-15(5-3-6-19(22)28-33-30)7-8-21(29)27-20-14-24(9-4-10-24)32-23-17(20)12-16(25)13-18(23)26/h3,5-6,12-13,20,28,30H,2,4,7-11,14H2,1H3,(H,27,29). The number of nitrogens with one attached hydrogen (secondary N) is 2. The fourth-order valence-corrected chi connectivity index (χ4v) is 5.30. The van der Waals surface area contributed by atoms with E-state index in [1.54, 1.807) is 6.07 Å². The van der Waals surface area contributed by atoms with Gasteiger partial charge in [0.25, 0.3) is 0 Å². The van der Waals surface area contributed by atoms with Gasteiger partial charge in [0.05, 0.1) is 23.4 Å². The molecular formula is C24H28Cl2N2O4S. The Kier molecular flexibility index (Phi) is 7.84. The van der Waals surface area contributed by atoms with Gasteiger partial charge in [0, 0.05) is 23.4 Å². The third-order valence-corrected chi connectivity index (χ3v) is 7.04. The molecule has 3 N–H and O–H groups in total. The Morgan fingerprint density at radius 2 is 2.15 bits per heavy atom. The van der Waals surface area contributed by atoms with E-state index in [1.807, 2.05) is 31.2 Å². The third kappa shape index (κ3) is 5.48. The van der Waals surface area contributed by atoms with Gasteiger partial charge in [-0.15, -0.1) is 0 Å². The normalized spacial score (nSPS) is 18.1. The number of hydrogen-bond donors (Lipinski definition) is 3. The van der Waals surface area contributed by atoms with Crippen molar-refractivity contribution in [2.45, 2.75) is 63.5 Å². The van der Waals surface area contributed by atoms with Gasteiger partial charge in [-0.3, -0.25) is 4.79 Å². The van der Waals surface area contributed by atoms with Crippen molar-refractivity contribution in [2.75, 3.05) is 11.3 Å². The number of hydrogen-bond acceptors (Lipinski definition) is 6. The van der Waals surface area contributed by atoms with Crippen molar-refractivity contribution in [3.05, 3.63) is 51.5 Å². The van der Waals surface area contributed by atoms with E-state index in [2.05, 4.69) is 10.0 Å². The van der Waals surface area contributed by atoms with Crippen LogP contribution < -0.4 is 19.5 Å². The molecule has 1 aliphatic carbocycles. The summed E-state index contributed by atoms with van der Waals surface area (Å²) >= 11 is 13.2. The summed E-state index contributed by atoms with van der Waals surface area (Å²) in [6.07, 6.45) is 5.40. The molecule has 1 saturated carbocycles. The highest BCUT2D eigenvalue weighted by molar-refractivity contribution is 7.95. The van der Waals surface area contributed by atoms with Gasteiger partial charge in [0.2, 0.25) is 5.91 Å². The molecule has 0 saturated heterocycles. The van der Waals surface area contributed by atoms with Crippen LogP contribution in [0.1, 0.15) is 62.6 Å². The molecule has 1 unspecified atom stereocenters. The van der Waals surface area contributed by atoms with Gasteiger partial charge in [-0.1, -0.05) is 42.3 Å². The first-order valence-corrected chi connectivity index (χ1v) is 12.8. The average molecular weight is 511 g/mol. The summed E-state index contributed by atoms with van der Waals surface area (Å²) in [5.74, 6) is 1.24. The van der Waals surface area contributed by atoms with Crippen molar-refractivity contribution in [1.29, 1.82) is 0 Å². The Morgan fingerprint density at radius 3 is 2.85 bits per heavy atom. The zero-order valence-electron chi connectivity index (χ0n) is 18.5. The number of anilines is 1. The number of aryl methyl sites for hydroxylation is 1. The van der Waals surface area contributed by atoms with Crippen molar-refractivity contribution >= 4 is 47.0 Å². The molecule has 33 heavy (non-hydrogen) atoms. The Hall–Kier alpha value is -1.80. The van der Waals surface area contributed by atoms with Crippen LogP contribution in [0.5, 0.6) is 11.5 Å². The average Bonchev–Trinajstić information content (AvgIpc) is 2.76. The van der Waals surface area contributed by atoms with E-state index in [1.165, 1.54) is 0 Å². The van der Waals surface area contributed by atoms with Crippen molar-refractivity contribution in [2.24, 2.45) is 0 Å². The van der Waals surface area contributed by atoms with Crippen LogP contribution in [0.25, 0.3) is 0 Å². The number of ether oxygens (including phenoxy) is 2. The Labute approximate surface area is 208 Å². The Morgan fingerprint density at radius 1 is 1.33 bits per heavy atom. The van der Waals surface area contributed by atoms with E-state index in [9.17, 15) is 9.35 Å². The van der Waals surface area contributed by atoms with Gasteiger partial charge >= 0.3 is 0 Å². The maximum atomic E-state index is 13.0. The summed E-state index contributed by atoms with van der Waals surface area (Å²) < 4.78 is 24.2. The quantitative estimate of drug-likeness (QED) is 0.254. The van der Waals surface area contributed by atoms with Gasteiger partial charge in [-0.25, -0.2) is 0 Å². The Balaban J connectivity index is 1.48. The van der Waals surface area contributed by atoms with Crippen LogP contribution in [0.15, 0.2) is 30.3 Å². The zero-order chi connectivity index (χ0) is 23.4. The predicted octanol–water partition coefficient (Wildman–Crippen LogP) is 6.81. The number of benzene rings is 2.